The molecule has 10 heteroatoms. The Morgan fingerprint density at radius 1 is 1.08 bits per heavy atom. The van der Waals surface area contributed by atoms with Crippen LogP contribution in [0.3, 0.4) is 0 Å². The van der Waals surface area contributed by atoms with Gasteiger partial charge >= 0.3 is 5.97 Å². The van der Waals surface area contributed by atoms with Gasteiger partial charge in [-0.2, -0.15) is 9.78 Å². The van der Waals surface area contributed by atoms with Crippen molar-refractivity contribution in [2.45, 2.75) is 45.8 Å². The van der Waals surface area contributed by atoms with Crippen LogP contribution in [0.1, 0.15) is 56.2 Å². The number of halogens is 2. The van der Waals surface area contributed by atoms with E-state index in [0.717, 1.165) is 10.7 Å². The highest BCUT2D eigenvalue weighted by molar-refractivity contribution is 5.93. The van der Waals surface area contributed by atoms with Gasteiger partial charge in [0.15, 0.2) is 5.69 Å². The van der Waals surface area contributed by atoms with Crippen LogP contribution in [0.5, 0.6) is 5.88 Å². The smallest absolute Gasteiger partial charge is 0.305 e. The molecule has 3 aromatic rings. The van der Waals surface area contributed by atoms with Crippen LogP contribution >= 0.6 is 0 Å². The first-order valence-electron chi connectivity index (χ1n) is 11.3. The van der Waals surface area contributed by atoms with Crippen molar-refractivity contribution >= 4 is 11.9 Å². The van der Waals surface area contributed by atoms with Gasteiger partial charge < -0.3 is 20.3 Å². The minimum absolute atomic E-state index is 0.00434. The Kier molecular flexibility index (Phi) is 7.78. The SMILES string of the molecule is CC(C)(C)[C@@](C)(O)COc1cc(C(=O)N[C@@H](CC(=O)O)c2cccc(F)c2)nn1-c1ccccc1F. The first kappa shape index (κ1) is 26.8. The number of hydrogen-bond acceptors (Lipinski definition) is 5. The molecule has 3 rings (SSSR count). The van der Waals surface area contributed by atoms with Crippen molar-refractivity contribution in [3.8, 4) is 11.6 Å². The number of aliphatic carboxylic acids is 1. The molecule has 2 aromatic carbocycles. The number of carbonyl (C=O) groups excluding carboxylic acids is 1. The van der Waals surface area contributed by atoms with Crippen molar-refractivity contribution in [1.82, 2.24) is 15.1 Å². The van der Waals surface area contributed by atoms with Gasteiger partial charge in [0.25, 0.3) is 5.91 Å². The van der Waals surface area contributed by atoms with E-state index in [-0.39, 0.29) is 29.4 Å². The highest BCUT2D eigenvalue weighted by atomic mass is 19.1. The van der Waals surface area contributed by atoms with Crippen molar-refractivity contribution in [1.29, 1.82) is 0 Å². The molecule has 3 N–H and O–H groups in total. The first-order valence-corrected chi connectivity index (χ1v) is 11.3. The quantitative estimate of drug-likeness (QED) is 0.404. The number of hydrogen-bond donors (Lipinski definition) is 3. The fraction of sp³-hybridized carbons (Fsp3) is 0.346. The largest absolute Gasteiger partial charge is 0.481 e. The molecule has 1 aromatic heterocycles. The zero-order chi connectivity index (χ0) is 26.7. The Hall–Kier alpha value is -3.79. The normalized spacial score (nSPS) is 14.1. The third-order valence-corrected chi connectivity index (χ3v) is 6.04. The summed E-state index contributed by atoms with van der Waals surface area (Å²) in [6, 6.07) is 11.2. The third-order valence-electron chi connectivity index (χ3n) is 6.04. The van der Waals surface area contributed by atoms with E-state index >= 15 is 0 Å². The highest BCUT2D eigenvalue weighted by Crippen LogP contribution is 2.31. The van der Waals surface area contributed by atoms with Crippen LogP contribution in [0.2, 0.25) is 0 Å². The van der Waals surface area contributed by atoms with Crippen LogP contribution in [0.25, 0.3) is 5.69 Å². The summed E-state index contributed by atoms with van der Waals surface area (Å²) in [4.78, 5) is 24.4. The van der Waals surface area contributed by atoms with E-state index in [2.05, 4.69) is 10.4 Å². The number of carboxylic acid groups (broad SMARTS) is 1. The standard InChI is InChI=1S/C26H29F2N3O5/c1-25(2,3)26(4,35)15-36-22-13-20(30-31(22)21-11-6-5-10-18(21)28)24(34)29-19(14-23(32)33)16-8-7-9-17(27)12-16/h5-13,19,35H,14-15H2,1-4H3,(H,29,34)(H,32,33)/t19-,26-/m0/s1. The predicted molar refractivity (Wildman–Crippen MR) is 128 cm³/mol. The molecular weight excluding hydrogens is 472 g/mol. The van der Waals surface area contributed by atoms with Crippen LogP contribution in [0.4, 0.5) is 8.78 Å². The molecule has 0 saturated heterocycles. The molecule has 0 aliphatic rings. The molecule has 192 valence electrons. The summed E-state index contributed by atoms with van der Waals surface area (Å²) in [5.74, 6) is -3.18. The van der Waals surface area contributed by atoms with Gasteiger partial charge in [0.05, 0.1) is 12.5 Å². The lowest BCUT2D eigenvalue weighted by Gasteiger charge is -2.36. The molecule has 2 atom stereocenters. The second kappa shape index (κ2) is 10.4. The van der Waals surface area contributed by atoms with Gasteiger partial charge in [0, 0.05) is 6.07 Å². The number of nitrogens with zero attached hydrogens (tertiary/aromatic N) is 2. The molecule has 1 heterocycles. The topological polar surface area (TPSA) is 114 Å². The number of aromatic nitrogens is 2. The lowest BCUT2D eigenvalue weighted by molar-refractivity contribution is -0.137. The van der Waals surface area contributed by atoms with Crippen molar-refractivity contribution in [3.05, 3.63) is 77.5 Å². The van der Waals surface area contributed by atoms with E-state index < -0.39 is 47.0 Å². The molecule has 0 saturated carbocycles. The Balaban J connectivity index is 1.96. The van der Waals surface area contributed by atoms with Gasteiger partial charge in [0.1, 0.15) is 29.5 Å². The minimum Gasteiger partial charge on any atom is -0.481 e. The fourth-order valence-corrected chi connectivity index (χ4v) is 3.19. The molecule has 0 spiro atoms. The summed E-state index contributed by atoms with van der Waals surface area (Å²) in [5.41, 5.74) is -1.74. The van der Waals surface area contributed by atoms with Crippen LogP contribution in [0.15, 0.2) is 54.6 Å². The first-order chi connectivity index (χ1) is 16.8. The Morgan fingerprint density at radius 3 is 2.39 bits per heavy atom. The number of para-hydroxylation sites is 1. The van der Waals surface area contributed by atoms with Gasteiger partial charge in [-0.25, -0.2) is 8.78 Å². The Morgan fingerprint density at radius 2 is 1.78 bits per heavy atom. The number of carboxylic acids is 1. The number of rotatable bonds is 9. The maximum atomic E-state index is 14.6. The number of carbonyl (C=O) groups is 2. The molecule has 0 aliphatic carbocycles. The molecule has 36 heavy (non-hydrogen) atoms. The van der Waals surface area contributed by atoms with E-state index in [4.69, 9.17) is 4.74 Å². The Bertz CT molecular complexity index is 1250. The number of benzene rings is 2. The average molecular weight is 502 g/mol. The minimum atomic E-state index is -1.27. The molecule has 0 fully saturated rings. The number of nitrogens with one attached hydrogen (secondary N) is 1. The maximum Gasteiger partial charge on any atom is 0.305 e. The summed E-state index contributed by atoms with van der Waals surface area (Å²) in [5, 5.41) is 26.8. The third kappa shape index (κ3) is 6.25. The van der Waals surface area contributed by atoms with Gasteiger partial charge in [-0.1, -0.05) is 45.0 Å². The van der Waals surface area contributed by atoms with E-state index in [1.54, 1.807) is 13.0 Å². The molecule has 0 aliphatic heterocycles. The molecule has 8 nitrogen and oxygen atoms in total. The fourth-order valence-electron chi connectivity index (χ4n) is 3.19. The zero-order valence-corrected chi connectivity index (χ0v) is 20.5. The van der Waals surface area contributed by atoms with E-state index in [1.807, 2.05) is 20.8 Å². The monoisotopic (exact) mass is 501 g/mol. The lowest BCUT2D eigenvalue weighted by atomic mass is 9.78. The summed E-state index contributed by atoms with van der Waals surface area (Å²) < 4.78 is 35.2. The highest BCUT2D eigenvalue weighted by Gasteiger charge is 2.36. The van der Waals surface area contributed by atoms with Crippen LogP contribution in [-0.2, 0) is 4.79 Å². The van der Waals surface area contributed by atoms with Crippen LogP contribution in [-0.4, -0.2) is 44.1 Å². The summed E-state index contributed by atoms with van der Waals surface area (Å²) in [6.45, 7) is 6.91. The number of amides is 1. The van der Waals surface area contributed by atoms with E-state index in [1.165, 1.54) is 42.5 Å². The van der Waals surface area contributed by atoms with Crippen molar-refractivity contribution < 1.29 is 33.3 Å². The van der Waals surface area contributed by atoms with Gasteiger partial charge in [-0.3, -0.25) is 9.59 Å². The summed E-state index contributed by atoms with van der Waals surface area (Å²) >= 11 is 0. The maximum absolute atomic E-state index is 14.6. The van der Waals surface area contributed by atoms with Gasteiger partial charge in [-0.05, 0) is 42.2 Å². The molecule has 1 amide bonds. The predicted octanol–water partition coefficient (Wildman–Crippen LogP) is 4.27. The van der Waals surface area contributed by atoms with E-state index in [0.29, 0.717) is 0 Å². The van der Waals surface area contributed by atoms with Crippen molar-refractivity contribution in [3.63, 3.8) is 0 Å². The van der Waals surface area contributed by atoms with Crippen LogP contribution in [0, 0.1) is 17.0 Å². The second-order valence-electron chi connectivity index (χ2n) is 9.72. The molecule has 0 radical (unpaired) electrons. The lowest BCUT2D eigenvalue weighted by Crippen LogP contribution is -2.45. The Labute approximate surface area is 207 Å². The van der Waals surface area contributed by atoms with Crippen LogP contribution < -0.4 is 10.1 Å². The zero-order valence-electron chi connectivity index (χ0n) is 20.5. The second-order valence-corrected chi connectivity index (χ2v) is 9.72. The van der Waals surface area contributed by atoms with Crippen molar-refractivity contribution in [2.24, 2.45) is 5.41 Å². The number of aliphatic hydroxyl groups is 1. The molecular formula is C26H29F2N3O5. The van der Waals surface area contributed by atoms with Gasteiger partial charge in [0.2, 0.25) is 5.88 Å². The van der Waals surface area contributed by atoms with E-state index in [9.17, 15) is 28.6 Å². The van der Waals surface area contributed by atoms with Crippen molar-refractivity contribution in [2.75, 3.05) is 6.61 Å². The number of ether oxygens (including phenoxy) is 1. The average Bonchev–Trinajstić information content (AvgIpc) is 3.21. The summed E-state index contributed by atoms with van der Waals surface area (Å²) in [7, 11) is 0. The van der Waals surface area contributed by atoms with Gasteiger partial charge in [-0.15, -0.1) is 0 Å². The summed E-state index contributed by atoms with van der Waals surface area (Å²) in [6.07, 6.45) is -0.499. The molecule has 0 unspecified atom stereocenters. The molecule has 0 bridgehead atoms.